The van der Waals surface area contributed by atoms with Crippen molar-refractivity contribution in [2.24, 2.45) is 0 Å². The molecule has 1 heterocycles. The highest BCUT2D eigenvalue weighted by Crippen LogP contribution is 2.28. The fourth-order valence-corrected chi connectivity index (χ4v) is 2.76. The van der Waals surface area contributed by atoms with Crippen molar-refractivity contribution in [2.75, 3.05) is 0 Å². The largest absolute Gasteiger partial charge is 0.384 e. The molecule has 0 saturated heterocycles. The minimum atomic E-state index is -0.496. The Kier molecular flexibility index (Phi) is 3.13. The SMILES string of the molecule is Cc1cc(C)cc(C(O)c2ccsc2C)c1. The van der Waals surface area contributed by atoms with E-state index in [2.05, 4.69) is 32.0 Å². The van der Waals surface area contributed by atoms with Gasteiger partial charge in [-0.15, -0.1) is 11.3 Å². The van der Waals surface area contributed by atoms with Crippen LogP contribution in [0.5, 0.6) is 0 Å². The third-order valence-corrected chi connectivity index (χ3v) is 3.61. The first kappa shape index (κ1) is 11.4. The van der Waals surface area contributed by atoms with E-state index in [9.17, 15) is 5.11 Å². The highest BCUT2D eigenvalue weighted by atomic mass is 32.1. The molecule has 0 bridgehead atoms. The van der Waals surface area contributed by atoms with Gasteiger partial charge in [-0.2, -0.15) is 0 Å². The normalized spacial score (nSPS) is 12.8. The molecule has 0 spiro atoms. The Labute approximate surface area is 100 Å². The number of aliphatic hydroxyl groups is 1. The van der Waals surface area contributed by atoms with Crippen LogP contribution < -0.4 is 0 Å². The van der Waals surface area contributed by atoms with E-state index in [4.69, 9.17) is 0 Å². The molecule has 16 heavy (non-hydrogen) atoms. The quantitative estimate of drug-likeness (QED) is 0.836. The predicted octanol–water partition coefficient (Wildman–Crippen LogP) is 3.76. The number of hydrogen-bond acceptors (Lipinski definition) is 2. The Morgan fingerprint density at radius 2 is 1.69 bits per heavy atom. The summed E-state index contributed by atoms with van der Waals surface area (Å²) in [4.78, 5) is 1.19. The molecule has 0 aliphatic rings. The molecule has 0 fully saturated rings. The van der Waals surface area contributed by atoms with Crippen LogP contribution in [0.1, 0.15) is 33.2 Å². The molecule has 1 aromatic heterocycles. The molecule has 0 aliphatic carbocycles. The number of rotatable bonds is 2. The second-order valence-corrected chi connectivity index (χ2v) is 5.38. The van der Waals surface area contributed by atoms with Crippen LogP contribution in [0.4, 0.5) is 0 Å². The molecule has 0 saturated carbocycles. The van der Waals surface area contributed by atoms with Gasteiger partial charge in [0.2, 0.25) is 0 Å². The van der Waals surface area contributed by atoms with Crippen LogP contribution in [-0.2, 0) is 0 Å². The van der Waals surface area contributed by atoms with Crippen LogP contribution >= 0.6 is 11.3 Å². The molecule has 1 atom stereocenters. The minimum Gasteiger partial charge on any atom is -0.384 e. The van der Waals surface area contributed by atoms with Crippen molar-refractivity contribution in [2.45, 2.75) is 26.9 Å². The first-order valence-electron chi connectivity index (χ1n) is 5.38. The van der Waals surface area contributed by atoms with Gasteiger partial charge >= 0.3 is 0 Å². The van der Waals surface area contributed by atoms with Crippen LogP contribution in [0.25, 0.3) is 0 Å². The zero-order chi connectivity index (χ0) is 11.7. The van der Waals surface area contributed by atoms with E-state index in [0.29, 0.717) is 0 Å². The first-order chi connectivity index (χ1) is 7.58. The van der Waals surface area contributed by atoms with E-state index in [1.54, 1.807) is 11.3 Å². The number of benzene rings is 1. The van der Waals surface area contributed by atoms with Crippen molar-refractivity contribution in [1.82, 2.24) is 0 Å². The molecular formula is C14H16OS. The van der Waals surface area contributed by atoms with Crippen LogP contribution in [-0.4, -0.2) is 5.11 Å². The topological polar surface area (TPSA) is 20.2 Å². The van der Waals surface area contributed by atoms with Crippen molar-refractivity contribution in [3.63, 3.8) is 0 Å². The zero-order valence-corrected chi connectivity index (χ0v) is 10.6. The molecule has 84 valence electrons. The van der Waals surface area contributed by atoms with Gasteiger partial charge in [-0.25, -0.2) is 0 Å². The van der Waals surface area contributed by atoms with E-state index >= 15 is 0 Å². The standard InChI is InChI=1S/C14H16OS/c1-9-6-10(2)8-12(7-9)14(15)13-4-5-16-11(13)3/h4-8,14-15H,1-3H3. The summed E-state index contributed by atoms with van der Waals surface area (Å²) in [6.45, 7) is 6.17. The molecule has 1 N–H and O–H groups in total. The van der Waals surface area contributed by atoms with Gasteiger partial charge in [-0.05, 0) is 43.3 Å². The second kappa shape index (κ2) is 4.40. The molecule has 0 radical (unpaired) electrons. The van der Waals surface area contributed by atoms with E-state index < -0.39 is 6.10 Å². The smallest absolute Gasteiger partial charge is 0.105 e. The van der Waals surface area contributed by atoms with E-state index in [1.807, 2.05) is 18.4 Å². The molecule has 0 aliphatic heterocycles. The van der Waals surface area contributed by atoms with E-state index in [-0.39, 0.29) is 0 Å². The Morgan fingerprint density at radius 3 is 2.19 bits per heavy atom. The Morgan fingerprint density at radius 1 is 1.06 bits per heavy atom. The summed E-state index contributed by atoms with van der Waals surface area (Å²) < 4.78 is 0. The van der Waals surface area contributed by atoms with Crippen LogP contribution in [0.3, 0.4) is 0 Å². The van der Waals surface area contributed by atoms with Gasteiger partial charge in [0.15, 0.2) is 0 Å². The lowest BCUT2D eigenvalue weighted by Gasteiger charge is -2.12. The predicted molar refractivity (Wildman–Crippen MR) is 69.0 cm³/mol. The monoisotopic (exact) mass is 232 g/mol. The van der Waals surface area contributed by atoms with Gasteiger partial charge in [0.05, 0.1) is 0 Å². The molecule has 0 amide bonds. The van der Waals surface area contributed by atoms with Crippen LogP contribution in [0.2, 0.25) is 0 Å². The highest BCUT2D eigenvalue weighted by Gasteiger charge is 2.14. The summed E-state index contributed by atoms with van der Waals surface area (Å²) in [6, 6.07) is 8.22. The lowest BCUT2D eigenvalue weighted by molar-refractivity contribution is 0.220. The summed E-state index contributed by atoms with van der Waals surface area (Å²) in [6.07, 6.45) is -0.496. The van der Waals surface area contributed by atoms with Gasteiger partial charge in [0.1, 0.15) is 6.10 Å². The summed E-state index contributed by atoms with van der Waals surface area (Å²) in [5.74, 6) is 0. The summed E-state index contributed by atoms with van der Waals surface area (Å²) in [5.41, 5.74) is 4.40. The van der Waals surface area contributed by atoms with Crippen molar-refractivity contribution in [1.29, 1.82) is 0 Å². The first-order valence-corrected chi connectivity index (χ1v) is 6.26. The van der Waals surface area contributed by atoms with Gasteiger partial charge in [-0.1, -0.05) is 29.3 Å². The van der Waals surface area contributed by atoms with E-state index in [1.165, 1.54) is 16.0 Å². The molecular weight excluding hydrogens is 216 g/mol. The summed E-state index contributed by atoms with van der Waals surface area (Å²) >= 11 is 1.68. The maximum Gasteiger partial charge on any atom is 0.105 e. The molecule has 1 nitrogen and oxygen atoms in total. The maximum atomic E-state index is 10.3. The van der Waals surface area contributed by atoms with E-state index in [0.717, 1.165) is 11.1 Å². The van der Waals surface area contributed by atoms with Crippen LogP contribution in [0, 0.1) is 20.8 Å². The van der Waals surface area contributed by atoms with Crippen molar-refractivity contribution in [3.05, 3.63) is 56.8 Å². The Hall–Kier alpha value is -1.12. The van der Waals surface area contributed by atoms with Crippen molar-refractivity contribution < 1.29 is 5.11 Å². The van der Waals surface area contributed by atoms with Gasteiger partial charge < -0.3 is 5.11 Å². The van der Waals surface area contributed by atoms with Crippen molar-refractivity contribution in [3.8, 4) is 0 Å². The van der Waals surface area contributed by atoms with Crippen molar-refractivity contribution >= 4 is 11.3 Å². The second-order valence-electron chi connectivity index (χ2n) is 4.26. The lowest BCUT2D eigenvalue weighted by atomic mass is 9.98. The third-order valence-electron chi connectivity index (χ3n) is 2.75. The zero-order valence-electron chi connectivity index (χ0n) is 9.82. The molecule has 1 unspecified atom stereocenters. The molecule has 2 heteroatoms. The molecule has 1 aromatic carbocycles. The molecule has 2 rings (SSSR count). The number of aliphatic hydroxyl groups excluding tert-OH is 1. The number of thiophene rings is 1. The number of hydrogen-bond donors (Lipinski definition) is 1. The fraction of sp³-hybridized carbons (Fsp3) is 0.286. The Bertz CT molecular complexity index is 479. The lowest BCUT2D eigenvalue weighted by Crippen LogP contribution is -2.00. The van der Waals surface area contributed by atoms with Gasteiger partial charge in [0.25, 0.3) is 0 Å². The average Bonchev–Trinajstić information content (AvgIpc) is 2.62. The summed E-state index contributed by atoms with van der Waals surface area (Å²) in [7, 11) is 0. The number of aryl methyl sites for hydroxylation is 3. The van der Waals surface area contributed by atoms with Crippen LogP contribution in [0.15, 0.2) is 29.6 Å². The Balaban J connectivity index is 2.41. The van der Waals surface area contributed by atoms with Gasteiger partial charge in [-0.3, -0.25) is 0 Å². The minimum absolute atomic E-state index is 0.496. The maximum absolute atomic E-state index is 10.3. The molecule has 2 aromatic rings. The van der Waals surface area contributed by atoms with Gasteiger partial charge in [0, 0.05) is 4.88 Å². The highest BCUT2D eigenvalue weighted by molar-refractivity contribution is 7.10. The average molecular weight is 232 g/mol. The third kappa shape index (κ3) is 2.18. The fourth-order valence-electron chi connectivity index (χ4n) is 2.03. The summed E-state index contributed by atoms with van der Waals surface area (Å²) in [5, 5.41) is 12.3.